The highest BCUT2D eigenvalue weighted by Gasteiger charge is 2.49. The molecule has 0 radical (unpaired) electrons. The van der Waals surface area contributed by atoms with Crippen LogP contribution in [0.1, 0.15) is 30.4 Å². The molecule has 198 valence electrons. The van der Waals surface area contributed by atoms with Gasteiger partial charge in [0.05, 0.1) is 47.0 Å². The maximum absolute atomic E-state index is 14.7. The molecule has 2 saturated heterocycles. The average Bonchev–Trinajstić information content (AvgIpc) is 3.67. The average molecular weight is 551 g/mol. The Labute approximate surface area is 224 Å². The number of carbonyl (C=O) groups excluding carboxylic acids is 3. The van der Waals surface area contributed by atoms with Gasteiger partial charge in [-0.15, -0.1) is 5.10 Å². The first-order valence-electron chi connectivity index (χ1n) is 11.9. The number of tetrazole rings is 1. The summed E-state index contributed by atoms with van der Waals surface area (Å²) in [6.07, 6.45) is 3.56. The summed E-state index contributed by atoms with van der Waals surface area (Å²) in [5.41, 5.74) is 6.80. The van der Waals surface area contributed by atoms with Crippen molar-refractivity contribution in [2.24, 2.45) is 5.73 Å². The fourth-order valence-corrected chi connectivity index (χ4v) is 5.29. The smallest absolute Gasteiger partial charge is 0.250 e. The van der Waals surface area contributed by atoms with Crippen LogP contribution in [-0.2, 0) is 20.8 Å². The molecular weight excluding hydrogens is 531 g/mol. The number of pyridine rings is 1. The van der Waals surface area contributed by atoms with Crippen molar-refractivity contribution in [1.82, 2.24) is 40.1 Å². The number of amides is 3. The van der Waals surface area contributed by atoms with E-state index >= 15 is 0 Å². The molecule has 0 saturated carbocycles. The van der Waals surface area contributed by atoms with Crippen LogP contribution in [0, 0.1) is 5.95 Å². The van der Waals surface area contributed by atoms with E-state index in [0.717, 1.165) is 0 Å². The Bertz CT molecular complexity index is 1610. The van der Waals surface area contributed by atoms with Crippen molar-refractivity contribution >= 4 is 35.0 Å². The molecule has 1 aromatic carbocycles. The summed E-state index contributed by atoms with van der Waals surface area (Å²) in [5.74, 6) is -1.50. The first kappa shape index (κ1) is 24.6. The maximum Gasteiger partial charge on any atom is 0.250 e. The minimum atomic E-state index is -0.784. The Morgan fingerprint density at radius 3 is 2.72 bits per heavy atom. The van der Waals surface area contributed by atoms with Gasteiger partial charge in [-0.25, -0.2) is 9.97 Å². The quantitative estimate of drug-likeness (QED) is 0.339. The van der Waals surface area contributed by atoms with Gasteiger partial charge in [0.1, 0.15) is 24.7 Å². The molecular formula is C24H20ClFN10O3. The second kappa shape index (κ2) is 9.54. The number of hydrogen-bond donors (Lipinski definition) is 2. The highest BCUT2D eigenvalue weighted by atomic mass is 35.5. The predicted octanol–water partition coefficient (Wildman–Crippen LogP) is 1.35. The fourth-order valence-electron chi connectivity index (χ4n) is 5.12. The van der Waals surface area contributed by atoms with E-state index in [9.17, 15) is 18.8 Å². The van der Waals surface area contributed by atoms with Crippen LogP contribution in [0.5, 0.6) is 0 Å². The van der Waals surface area contributed by atoms with Crippen LogP contribution in [0.25, 0.3) is 16.9 Å². The lowest BCUT2D eigenvalue weighted by atomic mass is 10.1. The van der Waals surface area contributed by atoms with E-state index in [1.165, 1.54) is 39.1 Å². The maximum atomic E-state index is 14.7. The molecule has 2 aliphatic rings. The number of aromatic amines is 1. The van der Waals surface area contributed by atoms with E-state index in [2.05, 4.69) is 30.5 Å². The zero-order valence-corrected chi connectivity index (χ0v) is 20.9. The number of fused-ring (bicyclic) bond motifs is 1. The molecule has 0 aliphatic carbocycles. The number of nitrogens with zero attached hydrogens (tertiary/aromatic N) is 8. The molecule has 2 fully saturated rings. The minimum Gasteiger partial charge on any atom is -0.369 e. The zero-order valence-electron chi connectivity index (χ0n) is 20.2. The number of benzene rings is 1. The van der Waals surface area contributed by atoms with Crippen LogP contribution in [0.2, 0.25) is 5.02 Å². The van der Waals surface area contributed by atoms with Crippen molar-refractivity contribution in [2.45, 2.75) is 31.3 Å². The summed E-state index contributed by atoms with van der Waals surface area (Å²) in [6, 6.07) is 6.71. The molecule has 39 heavy (non-hydrogen) atoms. The van der Waals surface area contributed by atoms with E-state index < -0.39 is 23.9 Å². The first-order valence-corrected chi connectivity index (χ1v) is 12.3. The highest BCUT2D eigenvalue weighted by molar-refractivity contribution is 6.31. The van der Waals surface area contributed by atoms with E-state index in [0.29, 0.717) is 40.8 Å². The molecule has 0 spiro atoms. The van der Waals surface area contributed by atoms with Gasteiger partial charge in [-0.2, -0.15) is 9.07 Å². The Morgan fingerprint density at radius 2 is 1.97 bits per heavy atom. The second-order valence-corrected chi connectivity index (χ2v) is 9.62. The SMILES string of the molecule is NC(=O)Cc1ccc(-c2cnc(C3CCC4C(=O)N(c5cc(Cl)ccc5-n5cnnn5)CC(=O)N43)[nH]2)c(F)n1. The second-order valence-electron chi connectivity index (χ2n) is 9.19. The number of carbonyl (C=O) groups is 3. The van der Waals surface area contributed by atoms with Gasteiger partial charge in [0.15, 0.2) is 0 Å². The molecule has 4 aromatic rings. The molecule has 0 bridgehead atoms. The summed E-state index contributed by atoms with van der Waals surface area (Å²) in [6.45, 7) is -0.214. The molecule has 15 heteroatoms. The molecule has 3 amide bonds. The largest absolute Gasteiger partial charge is 0.369 e. The predicted molar refractivity (Wildman–Crippen MR) is 134 cm³/mol. The first-order chi connectivity index (χ1) is 18.8. The molecule has 6 rings (SSSR count). The van der Waals surface area contributed by atoms with E-state index in [1.807, 2.05) is 0 Å². The van der Waals surface area contributed by atoms with E-state index in [-0.39, 0.29) is 36.0 Å². The van der Waals surface area contributed by atoms with Gasteiger partial charge in [0.2, 0.25) is 23.7 Å². The molecule has 2 aliphatic heterocycles. The number of aromatic nitrogens is 7. The third-order valence-electron chi connectivity index (χ3n) is 6.80. The van der Waals surface area contributed by atoms with Crippen LogP contribution >= 0.6 is 11.6 Å². The van der Waals surface area contributed by atoms with Gasteiger partial charge in [-0.05, 0) is 53.6 Å². The molecule has 3 N–H and O–H groups in total. The van der Waals surface area contributed by atoms with Gasteiger partial charge in [0, 0.05) is 5.02 Å². The normalized spacial score (nSPS) is 19.0. The molecule has 2 atom stereocenters. The summed E-state index contributed by atoms with van der Waals surface area (Å²) < 4.78 is 16.1. The van der Waals surface area contributed by atoms with E-state index in [4.69, 9.17) is 17.3 Å². The number of nitrogens with two attached hydrogens (primary N) is 1. The molecule has 2 unspecified atom stereocenters. The number of imidazole rings is 1. The number of H-pyrrole nitrogens is 1. The van der Waals surface area contributed by atoms with Gasteiger partial charge >= 0.3 is 0 Å². The van der Waals surface area contributed by atoms with Crippen molar-refractivity contribution in [3.63, 3.8) is 0 Å². The Morgan fingerprint density at radius 1 is 1.15 bits per heavy atom. The Hall–Kier alpha value is -4.72. The van der Waals surface area contributed by atoms with Gasteiger partial charge in [0.25, 0.3) is 0 Å². The number of piperazine rings is 1. The zero-order chi connectivity index (χ0) is 27.3. The number of primary amides is 1. The lowest BCUT2D eigenvalue weighted by Crippen LogP contribution is -2.58. The van der Waals surface area contributed by atoms with Crippen LogP contribution < -0.4 is 10.6 Å². The minimum absolute atomic E-state index is 0.153. The van der Waals surface area contributed by atoms with Gasteiger partial charge in [-0.1, -0.05) is 11.6 Å². The lowest BCUT2D eigenvalue weighted by molar-refractivity contribution is -0.143. The highest BCUT2D eigenvalue weighted by Crippen LogP contribution is 2.40. The van der Waals surface area contributed by atoms with Crippen molar-refractivity contribution in [3.8, 4) is 16.9 Å². The van der Waals surface area contributed by atoms with Gasteiger partial charge < -0.3 is 15.6 Å². The topological polar surface area (TPSA) is 169 Å². The number of hydrogen-bond acceptors (Lipinski definition) is 8. The Balaban J connectivity index is 1.26. The van der Waals surface area contributed by atoms with Crippen molar-refractivity contribution in [3.05, 3.63) is 65.3 Å². The third kappa shape index (κ3) is 4.37. The van der Waals surface area contributed by atoms with E-state index in [1.54, 1.807) is 18.2 Å². The molecule has 5 heterocycles. The summed E-state index contributed by atoms with van der Waals surface area (Å²) in [4.78, 5) is 52.4. The van der Waals surface area contributed by atoms with Crippen LogP contribution in [-0.4, -0.2) is 70.4 Å². The van der Waals surface area contributed by atoms with Crippen molar-refractivity contribution in [1.29, 1.82) is 0 Å². The summed E-state index contributed by atoms with van der Waals surface area (Å²) in [7, 11) is 0. The number of anilines is 1. The lowest BCUT2D eigenvalue weighted by Gasteiger charge is -2.39. The number of rotatable bonds is 6. The van der Waals surface area contributed by atoms with Crippen LogP contribution in [0.15, 0.2) is 42.9 Å². The summed E-state index contributed by atoms with van der Waals surface area (Å²) >= 11 is 6.23. The monoisotopic (exact) mass is 550 g/mol. The number of nitrogens with one attached hydrogen (secondary N) is 1. The Kier molecular flexibility index (Phi) is 6.02. The molecule has 3 aromatic heterocycles. The van der Waals surface area contributed by atoms with Crippen molar-refractivity contribution in [2.75, 3.05) is 11.4 Å². The van der Waals surface area contributed by atoms with Gasteiger partial charge in [-0.3, -0.25) is 19.3 Å². The number of halogens is 2. The van der Waals surface area contributed by atoms with Crippen LogP contribution in [0.4, 0.5) is 10.1 Å². The third-order valence-corrected chi connectivity index (χ3v) is 7.04. The standard InChI is InChI=1S/C24H20ClFN10O3/c25-12-1-4-16(35-11-29-32-33-35)19(7-12)34-10-21(38)36-17(5-6-18(36)24(34)39)23-28-9-15(31-23)14-3-2-13(8-20(27)37)30-22(14)26/h1-4,7,9,11,17-18H,5-6,8,10H2,(H2,27,37)(H,28,31). The van der Waals surface area contributed by atoms with Crippen LogP contribution in [0.3, 0.4) is 0 Å². The summed E-state index contributed by atoms with van der Waals surface area (Å²) in [5, 5.41) is 11.6. The fraction of sp³-hybridized carbons (Fsp3) is 0.250. The van der Waals surface area contributed by atoms with Crippen molar-refractivity contribution < 1.29 is 18.8 Å². The molecule has 13 nitrogen and oxygen atoms in total.